The maximum Gasteiger partial charge on any atom is 0.323 e. The molecule has 2 aromatic carbocycles. The van der Waals surface area contributed by atoms with Crippen molar-refractivity contribution in [2.45, 2.75) is 0 Å². The lowest BCUT2D eigenvalue weighted by atomic mass is 10.2. The van der Waals surface area contributed by atoms with Crippen LogP contribution in [-0.4, -0.2) is 18.1 Å². The summed E-state index contributed by atoms with van der Waals surface area (Å²) in [5, 5.41) is 15.3. The number of non-ortho nitro benzene ring substituents is 1. The average Bonchev–Trinajstić information content (AvgIpc) is 2.50. The molecule has 114 valence electrons. The van der Waals surface area contributed by atoms with Crippen LogP contribution in [0.3, 0.4) is 0 Å². The number of amides is 2. The van der Waals surface area contributed by atoms with Crippen molar-refractivity contribution in [3.05, 3.63) is 58.4 Å². The molecule has 0 atom stereocenters. The van der Waals surface area contributed by atoms with E-state index in [1.807, 2.05) is 0 Å². The maximum atomic E-state index is 13.5. The number of nitro benzene ring substituents is 1. The van der Waals surface area contributed by atoms with Gasteiger partial charge in [0.1, 0.15) is 11.6 Å². The highest BCUT2D eigenvalue weighted by molar-refractivity contribution is 6.00. The van der Waals surface area contributed by atoms with E-state index in [0.29, 0.717) is 11.4 Å². The highest BCUT2D eigenvalue weighted by atomic mass is 19.1. The van der Waals surface area contributed by atoms with Crippen LogP contribution in [0, 0.1) is 15.9 Å². The predicted octanol–water partition coefficient (Wildman–Crippen LogP) is 3.39. The zero-order valence-corrected chi connectivity index (χ0v) is 11.5. The van der Waals surface area contributed by atoms with Crippen molar-refractivity contribution in [1.29, 1.82) is 0 Å². The molecule has 7 nitrogen and oxygen atoms in total. The van der Waals surface area contributed by atoms with E-state index < -0.39 is 16.8 Å². The third-order valence-electron chi connectivity index (χ3n) is 2.76. The number of halogens is 1. The van der Waals surface area contributed by atoms with Gasteiger partial charge in [-0.2, -0.15) is 0 Å². The molecule has 2 aromatic rings. The van der Waals surface area contributed by atoms with Crippen LogP contribution >= 0.6 is 0 Å². The lowest BCUT2D eigenvalue weighted by molar-refractivity contribution is -0.384. The minimum atomic E-state index is -0.768. The van der Waals surface area contributed by atoms with E-state index >= 15 is 0 Å². The van der Waals surface area contributed by atoms with Crippen LogP contribution < -0.4 is 15.4 Å². The number of hydrogen-bond donors (Lipinski definition) is 2. The van der Waals surface area contributed by atoms with Gasteiger partial charge in [-0.05, 0) is 30.3 Å². The summed E-state index contributed by atoms with van der Waals surface area (Å²) in [7, 11) is 1.51. The number of nitro groups is 1. The first-order chi connectivity index (χ1) is 10.5. The first-order valence-corrected chi connectivity index (χ1v) is 6.15. The molecule has 0 aliphatic rings. The van der Waals surface area contributed by atoms with Crippen LogP contribution in [0.1, 0.15) is 0 Å². The van der Waals surface area contributed by atoms with Gasteiger partial charge in [-0.1, -0.05) is 0 Å². The normalized spacial score (nSPS) is 9.91. The molecule has 0 saturated heterocycles. The summed E-state index contributed by atoms with van der Waals surface area (Å²) in [4.78, 5) is 21.7. The van der Waals surface area contributed by atoms with Crippen molar-refractivity contribution in [2.24, 2.45) is 0 Å². The Labute approximate surface area is 124 Å². The Balaban J connectivity index is 2.08. The Morgan fingerprint density at radius 2 is 1.86 bits per heavy atom. The molecule has 0 bridgehead atoms. The Morgan fingerprint density at radius 1 is 1.18 bits per heavy atom. The van der Waals surface area contributed by atoms with Gasteiger partial charge in [0.05, 0.1) is 17.7 Å². The first kappa shape index (κ1) is 15.2. The number of rotatable bonds is 4. The number of carbonyl (C=O) groups is 1. The van der Waals surface area contributed by atoms with E-state index in [0.717, 1.165) is 18.2 Å². The first-order valence-electron chi connectivity index (χ1n) is 6.15. The van der Waals surface area contributed by atoms with E-state index in [4.69, 9.17) is 4.74 Å². The molecule has 2 rings (SSSR count). The van der Waals surface area contributed by atoms with Crippen molar-refractivity contribution in [3.8, 4) is 5.75 Å². The Bertz CT molecular complexity index is 704. The Morgan fingerprint density at radius 3 is 2.45 bits per heavy atom. The minimum absolute atomic E-state index is 0.278. The number of nitrogens with zero attached hydrogens (tertiary/aromatic N) is 1. The molecule has 2 amide bonds. The van der Waals surface area contributed by atoms with Gasteiger partial charge in [0.2, 0.25) is 0 Å². The van der Waals surface area contributed by atoms with Gasteiger partial charge in [0, 0.05) is 17.8 Å². The summed E-state index contributed by atoms with van der Waals surface area (Å²) in [5.74, 6) is -0.147. The third-order valence-corrected chi connectivity index (χ3v) is 2.76. The molecule has 22 heavy (non-hydrogen) atoms. The second kappa shape index (κ2) is 6.53. The van der Waals surface area contributed by atoms with Crippen molar-refractivity contribution >= 4 is 23.1 Å². The van der Waals surface area contributed by atoms with Crippen molar-refractivity contribution in [3.63, 3.8) is 0 Å². The fraction of sp³-hybridized carbons (Fsp3) is 0.0714. The highest BCUT2D eigenvalue weighted by Gasteiger charge is 2.13. The van der Waals surface area contributed by atoms with Gasteiger partial charge in [-0.25, -0.2) is 9.18 Å². The van der Waals surface area contributed by atoms with Gasteiger partial charge >= 0.3 is 6.03 Å². The van der Waals surface area contributed by atoms with Crippen molar-refractivity contribution < 1.29 is 18.8 Å². The van der Waals surface area contributed by atoms with E-state index in [1.165, 1.54) is 7.11 Å². The maximum absolute atomic E-state index is 13.5. The fourth-order valence-corrected chi connectivity index (χ4v) is 1.68. The molecule has 0 spiro atoms. The largest absolute Gasteiger partial charge is 0.497 e. The quantitative estimate of drug-likeness (QED) is 0.668. The van der Waals surface area contributed by atoms with Crippen LogP contribution in [0.15, 0.2) is 42.5 Å². The number of urea groups is 1. The number of benzene rings is 2. The summed E-state index contributed by atoms with van der Waals surface area (Å²) in [5.41, 5.74) is -0.134. The molecule has 8 heteroatoms. The van der Waals surface area contributed by atoms with E-state index in [2.05, 4.69) is 10.6 Å². The van der Waals surface area contributed by atoms with Crippen LogP contribution in [0.25, 0.3) is 0 Å². The Kier molecular flexibility index (Phi) is 4.52. The number of carbonyl (C=O) groups excluding carboxylic acids is 1. The van der Waals surface area contributed by atoms with Crippen LogP contribution in [0.4, 0.5) is 26.2 Å². The molecular formula is C14H12FN3O4. The molecule has 2 N–H and O–H groups in total. The standard InChI is InChI=1S/C14H12FN3O4/c1-22-11-5-2-9(3-6-11)16-14(19)17-13-8-10(18(20)21)4-7-12(13)15/h2-8H,1H3,(H2,16,17,19). The predicted molar refractivity (Wildman–Crippen MR) is 78.7 cm³/mol. The van der Waals surface area contributed by atoms with E-state index in [-0.39, 0.29) is 11.4 Å². The zero-order chi connectivity index (χ0) is 16.1. The monoisotopic (exact) mass is 305 g/mol. The SMILES string of the molecule is COc1ccc(NC(=O)Nc2cc([N+](=O)[O-])ccc2F)cc1. The molecule has 0 heterocycles. The average molecular weight is 305 g/mol. The summed E-state index contributed by atoms with van der Waals surface area (Å²) >= 11 is 0. The molecule has 0 saturated carbocycles. The topological polar surface area (TPSA) is 93.5 Å². The van der Waals surface area contributed by atoms with Crippen LogP contribution in [-0.2, 0) is 0 Å². The molecular weight excluding hydrogens is 293 g/mol. The van der Waals surface area contributed by atoms with E-state index in [9.17, 15) is 19.3 Å². The molecule has 0 unspecified atom stereocenters. The number of ether oxygens (including phenoxy) is 1. The van der Waals surface area contributed by atoms with Gasteiger partial charge in [-0.15, -0.1) is 0 Å². The Hall–Kier alpha value is -3.16. The lowest BCUT2D eigenvalue weighted by Gasteiger charge is -2.09. The van der Waals surface area contributed by atoms with Gasteiger partial charge in [0.25, 0.3) is 5.69 Å². The zero-order valence-electron chi connectivity index (χ0n) is 11.5. The van der Waals surface area contributed by atoms with Gasteiger partial charge in [-0.3, -0.25) is 10.1 Å². The second-order valence-electron chi connectivity index (χ2n) is 4.23. The van der Waals surface area contributed by atoms with Crippen molar-refractivity contribution in [1.82, 2.24) is 0 Å². The van der Waals surface area contributed by atoms with Gasteiger partial charge < -0.3 is 15.4 Å². The van der Waals surface area contributed by atoms with Crippen LogP contribution in [0.2, 0.25) is 0 Å². The summed E-state index contributed by atoms with van der Waals surface area (Å²) in [6.07, 6.45) is 0. The molecule has 0 radical (unpaired) electrons. The van der Waals surface area contributed by atoms with E-state index in [1.54, 1.807) is 24.3 Å². The second-order valence-corrected chi connectivity index (χ2v) is 4.23. The fourth-order valence-electron chi connectivity index (χ4n) is 1.68. The number of hydrogen-bond acceptors (Lipinski definition) is 4. The third kappa shape index (κ3) is 3.69. The highest BCUT2D eigenvalue weighted by Crippen LogP contribution is 2.21. The molecule has 0 aliphatic carbocycles. The van der Waals surface area contributed by atoms with Crippen molar-refractivity contribution in [2.75, 3.05) is 17.7 Å². The minimum Gasteiger partial charge on any atom is -0.497 e. The summed E-state index contributed by atoms with van der Waals surface area (Å²) in [6, 6.07) is 8.65. The van der Waals surface area contributed by atoms with Crippen LogP contribution in [0.5, 0.6) is 5.75 Å². The summed E-state index contributed by atoms with van der Waals surface area (Å²) in [6.45, 7) is 0. The molecule has 0 fully saturated rings. The number of nitrogens with one attached hydrogen (secondary N) is 2. The number of methoxy groups -OCH3 is 1. The molecule has 0 aliphatic heterocycles. The number of anilines is 2. The smallest absolute Gasteiger partial charge is 0.323 e. The lowest BCUT2D eigenvalue weighted by Crippen LogP contribution is -2.20. The van der Waals surface area contributed by atoms with Gasteiger partial charge in [0.15, 0.2) is 0 Å². The molecule has 0 aromatic heterocycles. The summed E-state index contributed by atoms with van der Waals surface area (Å²) < 4.78 is 18.5.